The van der Waals surface area contributed by atoms with Gasteiger partial charge in [-0.3, -0.25) is 9.69 Å². The lowest BCUT2D eigenvalue weighted by molar-refractivity contribution is 0.102. The van der Waals surface area contributed by atoms with Crippen molar-refractivity contribution in [3.05, 3.63) is 95.9 Å². The van der Waals surface area contributed by atoms with E-state index in [0.29, 0.717) is 34.9 Å². The number of carbonyl (C=O) groups excluding carboxylic acids is 1. The molecule has 194 valence electrons. The first kappa shape index (κ1) is 25.2. The van der Waals surface area contributed by atoms with E-state index < -0.39 is 0 Å². The molecular weight excluding hydrogens is 485 g/mol. The molecule has 1 fully saturated rings. The number of nitrogens with one attached hydrogen (secondary N) is 1. The third-order valence-electron chi connectivity index (χ3n) is 6.52. The minimum Gasteiger partial charge on any atom is -0.508 e. The maximum Gasteiger partial charge on any atom is 0.276 e. The van der Waals surface area contributed by atoms with E-state index in [2.05, 4.69) is 25.3 Å². The molecule has 1 amide bonds. The highest BCUT2D eigenvalue weighted by molar-refractivity contribution is 6.02. The fourth-order valence-electron chi connectivity index (χ4n) is 4.44. The van der Waals surface area contributed by atoms with Crippen LogP contribution in [0.2, 0.25) is 0 Å². The molecule has 9 heteroatoms. The van der Waals surface area contributed by atoms with Gasteiger partial charge in [0.25, 0.3) is 5.91 Å². The Labute approximate surface area is 220 Å². The molecule has 1 aliphatic heterocycles. The van der Waals surface area contributed by atoms with Crippen LogP contribution in [0.3, 0.4) is 0 Å². The molecule has 0 saturated carbocycles. The number of hydrogen-bond donors (Lipinski definition) is 2. The van der Waals surface area contributed by atoms with Gasteiger partial charge in [-0.1, -0.05) is 24.3 Å². The summed E-state index contributed by atoms with van der Waals surface area (Å²) in [5.74, 6) is 0.897. The van der Waals surface area contributed by atoms with Crippen molar-refractivity contribution in [1.29, 1.82) is 0 Å². The number of piperazine rings is 1. The number of benzene rings is 3. The lowest BCUT2D eigenvalue weighted by Crippen LogP contribution is -2.46. The van der Waals surface area contributed by atoms with Crippen LogP contribution in [-0.2, 0) is 6.54 Å². The van der Waals surface area contributed by atoms with Crippen LogP contribution >= 0.6 is 0 Å². The van der Waals surface area contributed by atoms with E-state index >= 15 is 0 Å². The summed E-state index contributed by atoms with van der Waals surface area (Å²) in [6.45, 7) is 3.71. The normalized spacial score (nSPS) is 13.8. The van der Waals surface area contributed by atoms with Crippen LogP contribution in [-0.4, -0.2) is 59.4 Å². The van der Waals surface area contributed by atoms with Gasteiger partial charge in [0.1, 0.15) is 17.3 Å². The van der Waals surface area contributed by atoms with Crippen LogP contribution in [0.15, 0.2) is 78.9 Å². The third kappa shape index (κ3) is 5.90. The topological polar surface area (TPSA) is 90.8 Å². The Kier molecular flexibility index (Phi) is 7.46. The molecule has 8 nitrogen and oxygen atoms in total. The zero-order valence-electron chi connectivity index (χ0n) is 21.0. The zero-order chi connectivity index (χ0) is 26.5. The molecule has 0 radical (unpaired) electrons. The van der Waals surface area contributed by atoms with E-state index in [1.165, 1.54) is 0 Å². The number of aromatic nitrogens is 2. The molecule has 2 N–H and O–H groups in total. The first-order valence-corrected chi connectivity index (χ1v) is 12.3. The summed E-state index contributed by atoms with van der Waals surface area (Å²) >= 11 is 0. The van der Waals surface area contributed by atoms with Crippen LogP contribution in [0, 0.1) is 5.82 Å². The van der Waals surface area contributed by atoms with Gasteiger partial charge in [-0.05, 0) is 65.7 Å². The molecule has 1 aromatic heterocycles. The number of ether oxygens (including phenoxy) is 1. The van der Waals surface area contributed by atoms with Crippen LogP contribution in [0.25, 0.3) is 11.1 Å². The molecule has 5 rings (SSSR count). The molecule has 0 aliphatic carbocycles. The van der Waals surface area contributed by atoms with Gasteiger partial charge in [0.2, 0.25) is 0 Å². The van der Waals surface area contributed by atoms with Crippen molar-refractivity contribution in [2.45, 2.75) is 6.54 Å². The second-order valence-corrected chi connectivity index (χ2v) is 9.09. The summed E-state index contributed by atoms with van der Waals surface area (Å²) in [5, 5.41) is 20.9. The number of hydrogen-bond acceptors (Lipinski definition) is 7. The summed E-state index contributed by atoms with van der Waals surface area (Å²) in [7, 11) is 1.59. The van der Waals surface area contributed by atoms with Gasteiger partial charge in [-0.15, -0.1) is 10.2 Å². The molecular formula is C29H28FN5O3. The Morgan fingerprint density at radius 1 is 0.974 bits per heavy atom. The number of methoxy groups -OCH3 is 1. The predicted molar refractivity (Wildman–Crippen MR) is 144 cm³/mol. The van der Waals surface area contributed by atoms with Crippen LogP contribution in [0.1, 0.15) is 16.1 Å². The van der Waals surface area contributed by atoms with Crippen molar-refractivity contribution < 1.29 is 19.0 Å². The summed E-state index contributed by atoms with van der Waals surface area (Å²) in [6.07, 6.45) is 0. The Morgan fingerprint density at radius 3 is 2.42 bits per heavy atom. The van der Waals surface area contributed by atoms with E-state index in [9.17, 15) is 14.3 Å². The summed E-state index contributed by atoms with van der Waals surface area (Å²) in [6, 6.07) is 22.4. The van der Waals surface area contributed by atoms with Gasteiger partial charge in [0.05, 0.1) is 7.11 Å². The minimum atomic E-state index is -0.332. The van der Waals surface area contributed by atoms with Gasteiger partial charge in [0.15, 0.2) is 11.5 Å². The molecule has 3 aromatic carbocycles. The van der Waals surface area contributed by atoms with Crippen LogP contribution in [0.4, 0.5) is 15.9 Å². The number of aromatic hydroxyl groups is 1. The van der Waals surface area contributed by atoms with Crippen molar-refractivity contribution >= 4 is 17.4 Å². The predicted octanol–water partition coefficient (Wildman–Crippen LogP) is 4.57. The minimum absolute atomic E-state index is 0.111. The van der Waals surface area contributed by atoms with E-state index in [4.69, 9.17) is 4.74 Å². The number of halogens is 1. The average molecular weight is 514 g/mol. The SMILES string of the molecule is COc1ccc(NC(=O)c2ccc(N3CCN(Cc4ccc(-c5cccc(O)c5)c(F)c4)CC3)nn2)cc1. The second-order valence-electron chi connectivity index (χ2n) is 9.09. The Bertz CT molecular complexity index is 1400. The van der Waals surface area contributed by atoms with Gasteiger partial charge >= 0.3 is 0 Å². The Morgan fingerprint density at radius 2 is 1.76 bits per heavy atom. The van der Waals surface area contributed by atoms with Gasteiger partial charge in [0, 0.05) is 44.0 Å². The number of anilines is 2. The van der Waals surface area contributed by atoms with Crippen molar-refractivity contribution in [1.82, 2.24) is 15.1 Å². The quantitative estimate of drug-likeness (QED) is 0.374. The standard InChI is InChI=1S/C29H28FN5O3/c1-38-24-8-6-22(7-9-24)31-29(37)27-11-12-28(33-32-27)35-15-13-34(14-16-35)19-20-5-10-25(26(30)17-20)21-3-2-4-23(36)18-21/h2-12,17-18,36H,13-16,19H2,1H3,(H,31,37). The molecule has 0 bridgehead atoms. The zero-order valence-corrected chi connectivity index (χ0v) is 21.0. The first-order chi connectivity index (χ1) is 18.5. The maximum absolute atomic E-state index is 14.8. The lowest BCUT2D eigenvalue weighted by atomic mass is 10.0. The molecule has 38 heavy (non-hydrogen) atoms. The number of phenolic OH excluding ortho intramolecular Hbond substituents is 1. The van der Waals surface area contributed by atoms with E-state index in [1.807, 2.05) is 6.07 Å². The van der Waals surface area contributed by atoms with Gasteiger partial charge in [-0.2, -0.15) is 0 Å². The Balaban J connectivity index is 1.14. The Hall–Kier alpha value is -4.50. The number of amides is 1. The highest BCUT2D eigenvalue weighted by atomic mass is 19.1. The first-order valence-electron chi connectivity index (χ1n) is 12.3. The van der Waals surface area contributed by atoms with Crippen LogP contribution in [0.5, 0.6) is 11.5 Å². The number of rotatable bonds is 7. The molecule has 1 saturated heterocycles. The van der Waals surface area contributed by atoms with Crippen molar-refractivity contribution in [3.63, 3.8) is 0 Å². The molecule has 0 spiro atoms. The monoisotopic (exact) mass is 513 g/mol. The smallest absolute Gasteiger partial charge is 0.276 e. The summed E-state index contributed by atoms with van der Waals surface area (Å²) in [5.41, 5.74) is 2.89. The molecule has 0 unspecified atom stereocenters. The fourth-order valence-corrected chi connectivity index (χ4v) is 4.44. The number of carbonyl (C=O) groups is 1. The van der Waals surface area contributed by atoms with Gasteiger partial charge in [-0.25, -0.2) is 4.39 Å². The van der Waals surface area contributed by atoms with Crippen molar-refractivity contribution in [3.8, 4) is 22.6 Å². The molecule has 0 atom stereocenters. The van der Waals surface area contributed by atoms with E-state index in [1.54, 1.807) is 79.9 Å². The van der Waals surface area contributed by atoms with Crippen molar-refractivity contribution in [2.75, 3.05) is 43.5 Å². The highest BCUT2D eigenvalue weighted by Gasteiger charge is 2.20. The lowest BCUT2D eigenvalue weighted by Gasteiger charge is -2.35. The molecule has 2 heterocycles. The molecule has 4 aromatic rings. The maximum atomic E-state index is 14.8. The van der Waals surface area contributed by atoms with E-state index in [-0.39, 0.29) is 23.2 Å². The fraction of sp³-hybridized carbons (Fsp3) is 0.207. The summed E-state index contributed by atoms with van der Waals surface area (Å²) in [4.78, 5) is 16.9. The number of phenols is 1. The largest absolute Gasteiger partial charge is 0.508 e. The van der Waals surface area contributed by atoms with Crippen LogP contribution < -0.4 is 15.0 Å². The summed E-state index contributed by atoms with van der Waals surface area (Å²) < 4.78 is 19.9. The van der Waals surface area contributed by atoms with E-state index in [0.717, 1.165) is 31.7 Å². The van der Waals surface area contributed by atoms with Crippen molar-refractivity contribution in [2.24, 2.45) is 0 Å². The average Bonchev–Trinajstić information content (AvgIpc) is 2.94. The second kappa shape index (κ2) is 11.3. The molecule has 1 aliphatic rings. The highest BCUT2D eigenvalue weighted by Crippen LogP contribution is 2.27. The third-order valence-corrected chi connectivity index (χ3v) is 6.52. The number of nitrogens with zero attached hydrogens (tertiary/aromatic N) is 4. The van der Waals surface area contributed by atoms with Gasteiger partial charge < -0.3 is 20.1 Å².